The molecule has 2 aromatic carbocycles. The summed E-state index contributed by atoms with van der Waals surface area (Å²) in [5, 5.41) is 52.0. The van der Waals surface area contributed by atoms with Gasteiger partial charge >= 0.3 is 17.1 Å². The number of hydrogen-bond donors (Lipinski definition) is 4. The minimum atomic E-state index is -1.25. The number of aliphatic hydroxyl groups excluding tert-OH is 2. The monoisotopic (exact) mass is 611 g/mol. The van der Waals surface area contributed by atoms with E-state index in [-0.39, 0.29) is 28.6 Å². The van der Waals surface area contributed by atoms with Crippen LogP contribution in [0.1, 0.15) is 11.1 Å². The molecule has 0 amide bonds. The summed E-state index contributed by atoms with van der Waals surface area (Å²) < 4.78 is 0. The molecular weight excluding hydrogens is 580 g/mol. The molecule has 221 valence electrons. The Kier molecular flexibility index (Phi) is 29.5. The van der Waals surface area contributed by atoms with Crippen molar-refractivity contribution in [2.45, 2.75) is 0 Å². The number of rotatable bonds is 4. The fourth-order valence-electron chi connectivity index (χ4n) is 2.21. The SMILES string of the molecule is CO.CO.O=C([O-])/C=C/c1cccc(O)c1.O=C([O-])/C=C/c1cccc(O)c1.[Cu+2].c1ccncc1.c1ccncc1. The zero-order valence-corrected chi connectivity index (χ0v) is 23.3. The molecule has 1 radical (unpaired) electrons. The van der Waals surface area contributed by atoms with Crippen LogP contribution in [0.25, 0.3) is 12.2 Å². The van der Waals surface area contributed by atoms with Crippen LogP contribution in [0.2, 0.25) is 0 Å². The first kappa shape index (κ1) is 40.7. The maximum Gasteiger partial charge on any atom is 2.00 e. The molecule has 0 saturated carbocycles. The van der Waals surface area contributed by atoms with Crippen molar-refractivity contribution in [3.05, 3.63) is 133 Å². The molecule has 10 nitrogen and oxygen atoms in total. The topological polar surface area (TPSA) is 187 Å². The van der Waals surface area contributed by atoms with Gasteiger partial charge < -0.3 is 40.2 Å². The van der Waals surface area contributed by atoms with E-state index in [0.29, 0.717) is 11.1 Å². The van der Waals surface area contributed by atoms with Crippen LogP contribution in [0.3, 0.4) is 0 Å². The molecule has 4 N–H and O–H groups in total. The van der Waals surface area contributed by atoms with Crippen LogP contribution in [0.4, 0.5) is 0 Å². The first-order chi connectivity index (χ1) is 19.4. The van der Waals surface area contributed by atoms with Gasteiger partial charge in [0.1, 0.15) is 11.5 Å². The number of carboxylic acids is 2. The summed E-state index contributed by atoms with van der Waals surface area (Å²) in [6.07, 6.45) is 11.5. The first-order valence-corrected chi connectivity index (χ1v) is 11.3. The second-order valence-electron chi connectivity index (χ2n) is 6.54. The van der Waals surface area contributed by atoms with Crippen LogP contribution in [-0.2, 0) is 26.7 Å². The number of phenols is 2. The van der Waals surface area contributed by atoms with Crippen LogP contribution >= 0.6 is 0 Å². The van der Waals surface area contributed by atoms with Gasteiger partial charge in [-0.05, 0) is 71.8 Å². The zero-order valence-electron chi connectivity index (χ0n) is 22.3. The van der Waals surface area contributed by atoms with E-state index in [2.05, 4.69) is 9.97 Å². The number of pyridine rings is 2. The molecule has 0 aliphatic rings. The van der Waals surface area contributed by atoms with Crippen LogP contribution < -0.4 is 10.2 Å². The molecule has 0 fully saturated rings. The first-order valence-electron chi connectivity index (χ1n) is 11.3. The third-order valence-electron chi connectivity index (χ3n) is 3.70. The summed E-state index contributed by atoms with van der Waals surface area (Å²) in [5.74, 6) is -2.29. The van der Waals surface area contributed by atoms with E-state index < -0.39 is 11.9 Å². The van der Waals surface area contributed by atoms with Crippen molar-refractivity contribution in [1.29, 1.82) is 0 Å². The normalized spacial score (nSPS) is 8.68. The molecule has 0 aliphatic heterocycles. The Morgan fingerprint density at radius 3 is 1.10 bits per heavy atom. The van der Waals surface area contributed by atoms with E-state index >= 15 is 0 Å². The quantitative estimate of drug-likeness (QED) is 0.195. The smallest absolute Gasteiger partial charge is 0.545 e. The summed E-state index contributed by atoms with van der Waals surface area (Å²) in [7, 11) is 2.00. The summed E-state index contributed by atoms with van der Waals surface area (Å²) in [4.78, 5) is 27.6. The Hall–Kier alpha value is -4.80. The number of nitrogens with zero attached hydrogens (tertiary/aromatic N) is 2. The number of hydrogen-bond acceptors (Lipinski definition) is 10. The van der Waals surface area contributed by atoms with Gasteiger partial charge in [-0.2, -0.15) is 0 Å². The molecule has 2 aromatic heterocycles. The number of aliphatic hydroxyl groups is 2. The van der Waals surface area contributed by atoms with E-state index in [1.165, 1.54) is 36.4 Å². The summed E-state index contributed by atoms with van der Waals surface area (Å²) in [5.41, 5.74) is 1.25. The third-order valence-corrected chi connectivity index (χ3v) is 3.70. The van der Waals surface area contributed by atoms with E-state index in [1.54, 1.807) is 49.1 Å². The Bertz CT molecular complexity index is 1070. The molecule has 41 heavy (non-hydrogen) atoms. The summed E-state index contributed by atoms with van der Waals surface area (Å²) >= 11 is 0. The van der Waals surface area contributed by atoms with E-state index in [1.807, 2.05) is 36.4 Å². The molecule has 0 atom stereocenters. The minimum absolute atomic E-state index is 0. The van der Waals surface area contributed by atoms with Gasteiger partial charge in [0.25, 0.3) is 0 Å². The van der Waals surface area contributed by atoms with E-state index in [9.17, 15) is 19.8 Å². The van der Waals surface area contributed by atoms with Gasteiger partial charge in [-0.15, -0.1) is 0 Å². The van der Waals surface area contributed by atoms with Crippen molar-refractivity contribution >= 4 is 24.1 Å². The predicted molar refractivity (Wildman–Crippen MR) is 149 cm³/mol. The fraction of sp³-hybridized carbons (Fsp3) is 0.0667. The molecule has 0 bridgehead atoms. The maximum absolute atomic E-state index is 10.00. The molecule has 0 aliphatic carbocycles. The standard InChI is InChI=1S/2C9H8O3.2C5H5N.2CH4O.Cu/c2*10-8-3-1-2-7(6-8)4-5-9(11)12;2*1-2-4-6-5-3-1;2*1-2;/h2*1-6,10H,(H,11,12);2*1-5H;2*2H,1H3;/q;;;;;;+2/p-2/b2*5-4+;;;;;. The minimum Gasteiger partial charge on any atom is -0.545 e. The van der Waals surface area contributed by atoms with Gasteiger partial charge in [-0.1, -0.05) is 48.6 Å². The molecule has 0 unspecified atom stereocenters. The molecule has 0 saturated heterocycles. The van der Waals surface area contributed by atoms with Gasteiger partial charge in [0.15, 0.2) is 0 Å². The average molecular weight is 612 g/mol. The van der Waals surface area contributed by atoms with Crippen molar-refractivity contribution in [3.8, 4) is 11.5 Å². The second kappa shape index (κ2) is 29.8. The van der Waals surface area contributed by atoms with Crippen LogP contribution in [0, 0.1) is 0 Å². The van der Waals surface area contributed by atoms with Crippen LogP contribution in [-0.4, -0.2) is 56.6 Å². The number of aromatic nitrogens is 2. The number of carbonyl (C=O) groups is 2. The number of aliphatic carboxylic acids is 2. The number of carboxylic acid groups (broad SMARTS) is 2. The summed E-state index contributed by atoms with van der Waals surface area (Å²) in [6.45, 7) is 0. The number of carbonyl (C=O) groups excluding carboxylic acids is 2. The molecule has 4 rings (SSSR count). The Labute approximate surface area is 249 Å². The van der Waals surface area contributed by atoms with Crippen LogP contribution in [0.15, 0.2) is 122 Å². The van der Waals surface area contributed by atoms with E-state index in [4.69, 9.17) is 20.4 Å². The maximum atomic E-state index is 10.00. The molecule has 2 heterocycles. The van der Waals surface area contributed by atoms with Gasteiger partial charge in [0.05, 0.1) is 11.9 Å². The van der Waals surface area contributed by atoms with Crippen molar-refractivity contribution in [1.82, 2.24) is 9.97 Å². The number of benzene rings is 2. The van der Waals surface area contributed by atoms with Crippen molar-refractivity contribution in [2.75, 3.05) is 14.2 Å². The largest absolute Gasteiger partial charge is 2.00 e. The Morgan fingerprint density at radius 1 is 0.585 bits per heavy atom. The average Bonchev–Trinajstić information content (AvgIpc) is 3.00. The second-order valence-corrected chi connectivity index (χ2v) is 6.54. The number of aromatic hydroxyl groups is 2. The van der Waals surface area contributed by atoms with Crippen LogP contribution in [0.5, 0.6) is 11.5 Å². The zero-order chi connectivity index (χ0) is 30.4. The van der Waals surface area contributed by atoms with Gasteiger partial charge in [-0.25, -0.2) is 0 Å². The van der Waals surface area contributed by atoms with Crippen molar-refractivity contribution in [2.24, 2.45) is 0 Å². The van der Waals surface area contributed by atoms with Gasteiger partial charge in [0, 0.05) is 39.0 Å². The molecule has 4 aromatic rings. The Balaban J connectivity index is -0.000000464. The molecular formula is C30H32CuN2O8. The molecule has 11 heteroatoms. The predicted octanol–water partition coefficient (Wildman–Crippen LogP) is 1.69. The molecule has 0 spiro atoms. The van der Waals surface area contributed by atoms with Crippen molar-refractivity contribution < 1.29 is 57.3 Å². The summed E-state index contributed by atoms with van der Waals surface area (Å²) in [6, 6.07) is 24.0. The number of phenolic OH excluding ortho intramolecular Hbond substituents is 2. The van der Waals surface area contributed by atoms with Gasteiger partial charge in [-0.3, -0.25) is 9.97 Å². The Morgan fingerprint density at radius 2 is 0.902 bits per heavy atom. The van der Waals surface area contributed by atoms with Crippen molar-refractivity contribution in [3.63, 3.8) is 0 Å². The third kappa shape index (κ3) is 28.0. The van der Waals surface area contributed by atoms with E-state index in [0.717, 1.165) is 26.4 Å². The van der Waals surface area contributed by atoms with Gasteiger partial charge in [0.2, 0.25) is 0 Å². The fourth-order valence-corrected chi connectivity index (χ4v) is 2.21.